The standard InChI is InChI=1S/C20H24N6/c1-14-24-19-8-10-21-9-7-18(19)20(25-14)23-13-16-3-5-17(6-4-16)26-12-11-22-15(26)2/h3-6,11-12,21H,7-10,13H2,1-2H3,(H,23,24,25). The summed E-state index contributed by atoms with van der Waals surface area (Å²) in [6.07, 6.45) is 5.74. The van der Waals surface area contributed by atoms with Crippen LogP contribution in [-0.2, 0) is 19.4 Å². The van der Waals surface area contributed by atoms with Gasteiger partial charge in [-0.25, -0.2) is 15.0 Å². The van der Waals surface area contributed by atoms with Crippen molar-refractivity contribution in [2.75, 3.05) is 18.4 Å². The first-order valence-corrected chi connectivity index (χ1v) is 9.11. The molecule has 0 spiro atoms. The summed E-state index contributed by atoms with van der Waals surface area (Å²) in [6, 6.07) is 8.55. The van der Waals surface area contributed by atoms with E-state index in [0.29, 0.717) is 0 Å². The number of nitrogens with zero attached hydrogens (tertiary/aromatic N) is 4. The molecule has 2 N–H and O–H groups in total. The predicted octanol–water partition coefficient (Wildman–Crippen LogP) is 2.58. The molecule has 1 aliphatic heterocycles. The highest BCUT2D eigenvalue weighted by molar-refractivity contribution is 5.48. The lowest BCUT2D eigenvalue weighted by atomic mass is 10.1. The molecule has 3 heterocycles. The van der Waals surface area contributed by atoms with E-state index < -0.39 is 0 Å². The molecule has 6 nitrogen and oxygen atoms in total. The molecule has 1 aromatic carbocycles. The average molecular weight is 348 g/mol. The van der Waals surface area contributed by atoms with Gasteiger partial charge in [0.25, 0.3) is 0 Å². The van der Waals surface area contributed by atoms with Crippen molar-refractivity contribution in [3.63, 3.8) is 0 Å². The maximum atomic E-state index is 4.65. The fourth-order valence-corrected chi connectivity index (χ4v) is 3.43. The largest absolute Gasteiger partial charge is 0.366 e. The minimum Gasteiger partial charge on any atom is -0.366 e. The lowest BCUT2D eigenvalue weighted by Crippen LogP contribution is -2.16. The van der Waals surface area contributed by atoms with Gasteiger partial charge in [0.15, 0.2) is 0 Å². The number of imidazole rings is 1. The highest BCUT2D eigenvalue weighted by atomic mass is 15.1. The molecule has 3 aromatic rings. The van der Waals surface area contributed by atoms with Crippen LogP contribution in [0, 0.1) is 13.8 Å². The Kier molecular flexibility index (Phi) is 4.67. The molecule has 0 bridgehead atoms. The quantitative estimate of drug-likeness (QED) is 0.758. The van der Waals surface area contributed by atoms with Crippen LogP contribution in [0.25, 0.3) is 5.69 Å². The third kappa shape index (κ3) is 3.46. The second-order valence-corrected chi connectivity index (χ2v) is 6.66. The predicted molar refractivity (Wildman–Crippen MR) is 103 cm³/mol. The first-order chi connectivity index (χ1) is 12.7. The van der Waals surface area contributed by atoms with E-state index in [-0.39, 0.29) is 0 Å². The molecule has 0 saturated carbocycles. The summed E-state index contributed by atoms with van der Waals surface area (Å²) in [5, 5.41) is 6.96. The lowest BCUT2D eigenvalue weighted by Gasteiger charge is -2.14. The SMILES string of the molecule is Cc1nc2c(c(NCc3ccc(-n4ccnc4C)cc3)n1)CCNCC2. The Morgan fingerprint density at radius 1 is 1.08 bits per heavy atom. The van der Waals surface area contributed by atoms with E-state index in [1.165, 1.54) is 16.8 Å². The van der Waals surface area contributed by atoms with Crippen molar-refractivity contribution in [2.45, 2.75) is 33.2 Å². The Bertz CT molecular complexity index is 897. The van der Waals surface area contributed by atoms with Crippen molar-refractivity contribution in [3.8, 4) is 5.69 Å². The molecule has 0 unspecified atom stereocenters. The molecule has 2 aromatic heterocycles. The van der Waals surface area contributed by atoms with Crippen molar-refractivity contribution >= 4 is 5.82 Å². The van der Waals surface area contributed by atoms with Gasteiger partial charge in [-0.3, -0.25) is 0 Å². The number of fused-ring (bicyclic) bond motifs is 1. The zero-order valence-corrected chi connectivity index (χ0v) is 15.3. The Labute approximate surface area is 153 Å². The lowest BCUT2D eigenvalue weighted by molar-refractivity contribution is 0.708. The minimum atomic E-state index is 0.750. The molecule has 0 aliphatic carbocycles. The first kappa shape index (κ1) is 16.7. The van der Waals surface area contributed by atoms with Crippen molar-refractivity contribution in [3.05, 3.63) is 65.1 Å². The topological polar surface area (TPSA) is 67.7 Å². The second kappa shape index (κ2) is 7.25. The van der Waals surface area contributed by atoms with Crippen LogP contribution in [0.4, 0.5) is 5.82 Å². The average Bonchev–Trinajstić information content (AvgIpc) is 2.93. The van der Waals surface area contributed by atoms with E-state index in [9.17, 15) is 0 Å². The molecule has 1 aliphatic rings. The van der Waals surface area contributed by atoms with Crippen LogP contribution in [0.5, 0.6) is 0 Å². The van der Waals surface area contributed by atoms with Gasteiger partial charge >= 0.3 is 0 Å². The molecule has 0 atom stereocenters. The molecular formula is C20H24N6. The van der Waals surface area contributed by atoms with E-state index in [1.807, 2.05) is 26.2 Å². The van der Waals surface area contributed by atoms with Crippen LogP contribution in [-0.4, -0.2) is 32.6 Å². The Balaban J connectivity index is 1.51. The number of rotatable bonds is 4. The molecule has 0 fully saturated rings. The van der Waals surface area contributed by atoms with E-state index >= 15 is 0 Å². The number of nitrogens with one attached hydrogen (secondary N) is 2. The number of hydrogen-bond acceptors (Lipinski definition) is 5. The van der Waals surface area contributed by atoms with Gasteiger partial charge in [-0.1, -0.05) is 12.1 Å². The second-order valence-electron chi connectivity index (χ2n) is 6.66. The monoisotopic (exact) mass is 348 g/mol. The molecular weight excluding hydrogens is 324 g/mol. The van der Waals surface area contributed by atoms with Crippen LogP contribution in [0.3, 0.4) is 0 Å². The van der Waals surface area contributed by atoms with E-state index in [1.54, 1.807) is 0 Å². The summed E-state index contributed by atoms with van der Waals surface area (Å²) >= 11 is 0. The number of benzene rings is 1. The van der Waals surface area contributed by atoms with Crippen LogP contribution in [0.15, 0.2) is 36.7 Å². The van der Waals surface area contributed by atoms with Crippen LogP contribution >= 0.6 is 0 Å². The van der Waals surface area contributed by atoms with E-state index in [4.69, 9.17) is 0 Å². The van der Waals surface area contributed by atoms with Gasteiger partial charge in [0.05, 0.1) is 5.69 Å². The van der Waals surface area contributed by atoms with Gasteiger partial charge in [-0.15, -0.1) is 0 Å². The van der Waals surface area contributed by atoms with Crippen molar-refractivity contribution in [1.82, 2.24) is 24.8 Å². The molecule has 0 amide bonds. The van der Waals surface area contributed by atoms with Crippen LogP contribution in [0.2, 0.25) is 0 Å². The van der Waals surface area contributed by atoms with Gasteiger partial charge in [-0.2, -0.15) is 0 Å². The summed E-state index contributed by atoms with van der Waals surface area (Å²) in [7, 11) is 0. The number of aromatic nitrogens is 4. The van der Waals surface area contributed by atoms with Gasteiger partial charge in [0, 0.05) is 43.2 Å². The summed E-state index contributed by atoms with van der Waals surface area (Å²) in [6.45, 7) is 6.68. The Morgan fingerprint density at radius 2 is 1.88 bits per heavy atom. The summed E-state index contributed by atoms with van der Waals surface area (Å²) < 4.78 is 2.08. The normalized spacial score (nSPS) is 13.9. The molecule has 4 rings (SSSR count). The van der Waals surface area contributed by atoms with Gasteiger partial charge in [0.1, 0.15) is 17.5 Å². The van der Waals surface area contributed by atoms with E-state index in [0.717, 1.165) is 55.6 Å². The zero-order chi connectivity index (χ0) is 17.9. The molecule has 0 saturated heterocycles. The fourth-order valence-electron chi connectivity index (χ4n) is 3.43. The maximum absolute atomic E-state index is 4.65. The first-order valence-electron chi connectivity index (χ1n) is 9.11. The summed E-state index contributed by atoms with van der Waals surface area (Å²) in [5.74, 6) is 2.80. The fraction of sp³-hybridized carbons (Fsp3) is 0.350. The molecule has 6 heteroatoms. The molecule has 26 heavy (non-hydrogen) atoms. The van der Waals surface area contributed by atoms with Crippen molar-refractivity contribution in [2.24, 2.45) is 0 Å². The minimum absolute atomic E-state index is 0.750. The number of anilines is 1. The Morgan fingerprint density at radius 3 is 2.65 bits per heavy atom. The number of hydrogen-bond donors (Lipinski definition) is 2. The van der Waals surface area contributed by atoms with Crippen LogP contribution < -0.4 is 10.6 Å². The van der Waals surface area contributed by atoms with E-state index in [2.05, 4.69) is 54.4 Å². The van der Waals surface area contributed by atoms with Crippen LogP contribution in [0.1, 0.15) is 28.5 Å². The third-order valence-electron chi connectivity index (χ3n) is 4.80. The highest BCUT2D eigenvalue weighted by Gasteiger charge is 2.15. The van der Waals surface area contributed by atoms with Crippen molar-refractivity contribution in [1.29, 1.82) is 0 Å². The zero-order valence-electron chi connectivity index (χ0n) is 15.3. The highest BCUT2D eigenvalue weighted by Crippen LogP contribution is 2.20. The molecule has 134 valence electrons. The van der Waals surface area contributed by atoms with Gasteiger partial charge in [-0.05, 0) is 44.5 Å². The summed E-state index contributed by atoms with van der Waals surface area (Å²) in [4.78, 5) is 13.6. The van der Waals surface area contributed by atoms with Crippen molar-refractivity contribution < 1.29 is 0 Å². The number of aryl methyl sites for hydroxylation is 2. The maximum Gasteiger partial charge on any atom is 0.133 e. The smallest absolute Gasteiger partial charge is 0.133 e. The third-order valence-corrected chi connectivity index (χ3v) is 4.80. The van der Waals surface area contributed by atoms with Gasteiger partial charge in [0.2, 0.25) is 0 Å². The summed E-state index contributed by atoms with van der Waals surface area (Å²) in [5.41, 5.74) is 4.78. The Hall–Kier alpha value is -2.73. The molecule has 0 radical (unpaired) electrons. The van der Waals surface area contributed by atoms with Gasteiger partial charge < -0.3 is 15.2 Å².